The Labute approximate surface area is 168 Å². The molecule has 0 saturated heterocycles. The highest BCUT2D eigenvalue weighted by Gasteiger charge is 2.18. The first-order chi connectivity index (χ1) is 14.0. The van der Waals surface area contributed by atoms with Gasteiger partial charge in [0, 0.05) is 37.0 Å². The number of hydrogen-bond acceptors (Lipinski definition) is 4. The van der Waals surface area contributed by atoms with Crippen LogP contribution in [0.1, 0.15) is 28.5 Å². The summed E-state index contributed by atoms with van der Waals surface area (Å²) >= 11 is 0. The number of nitrogens with zero attached hydrogens (tertiary/aromatic N) is 4. The average molecular weight is 384 g/mol. The number of aryl methyl sites for hydroxylation is 1. The summed E-state index contributed by atoms with van der Waals surface area (Å²) < 4.78 is 1.80. The van der Waals surface area contributed by atoms with Crippen LogP contribution in [0.4, 0.5) is 5.69 Å². The third kappa shape index (κ3) is 3.40. The molecule has 0 aliphatic carbocycles. The van der Waals surface area contributed by atoms with E-state index in [1.807, 2.05) is 49.4 Å². The number of ketones is 1. The molecule has 0 bridgehead atoms. The van der Waals surface area contributed by atoms with E-state index in [0.717, 1.165) is 22.5 Å². The number of imidazole rings is 1. The Hall–Kier alpha value is -3.80. The number of carbonyl (C=O) groups is 2. The molecule has 0 fully saturated rings. The standard InChI is InChI=1S/C23H20N4O2/c1-15-7-9-17(10-8-15)22(29)21-23-24-12-11-20(27(23)14-25-21)18-5-4-6-19(13-18)26(3)16(2)28/h4-14H,1-3H3. The highest BCUT2D eigenvalue weighted by molar-refractivity contribution is 6.11. The lowest BCUT2D eigenvalue weighted by molar-refractivity contribution is -0.116. The van der Waals surface area contributed by atoms with E-state index < -0.39 is 0 Å². The zero-order valence-corrected chi connectivity index (χ0v) is 16.5. The highest BCUT2D eigenvalue weighted by atomic mass is 16.2. The van der Waals surface area contributed by atoms with Crippen LogP contribution in [0.3, 0.4) is 0 Å². The van der Waals surface area contributed by atoms with E-state index in [1.165, 1.54) is 6.92 Å². The van der Waals surface area contributed by atoms with Gasteiger partial charge in [0.25, 0.3) is 0 Å². The average Bonchev–Trinajstić information content (AvgIpc) is 3.17. The van der Waals surface area contributed by atoms with E-state index in [9.17, 15) is 9.59 Å². The Bertz CT molecular complexity index is 1230. The molecular weight excluding hydrogens is 364 g/mol. The number of aromatic nitrogens is 3. The number of anilines is 1. The first-order valence-corrected chi connectivity index (χ1v) is 9.24. The van der Waals surface area contributed by atoms with Crippen molar-refractivity contribution in [1.29, 1.82) is 0 Å². The van der Waals surface area contributed by atoms with Crippen molar-refractivity contribution in [3.63, 3.8) is 0 Å². The molecule has 6 heteroatoms. The van der Waals surface area contributed by atoms with Crippen LogP contribution in [-0.2, 0) is 4.79 Å². The lowest BCUT2D eigenvalue weighted by Crippen LogP contribution is -2.22. The minimum atomic E-state index is -0.165. The van der Waals surface area contributed by atoms with Crippen molar-refractivity contribution >= 4 is 23.0 Å². The van der Waals surface area contributed by atoms with Crippen LogP contribution >= 0.6 is 0 Å². The number of rotatable bonds is 4. The zero-order chi connectivity index (χ0) is 20.5. The minimum absolute atomic E-state index is 0.0457. The Morgan fingerprint density at radius 2 is 1.76 bits per heavy atom. The lowest BCUT2D eigenvalue weighted by Gasteiger charge is -2.16. The van der Waals surface area contributed by atoms with E-state index >= 15 is 0 Å². The Balaban J connectivity index is 1.79. The summed E-state index contributed by atoms with van der Waals surface area (Å²) in [6.45, 7) is 3.50. The number of carbonyl (C=O) groups excluding carboxylic acids is 2. The van der Waals surface area contributed by atoms with Gasteiger partial charge < -0.3 is 4.90 Å². The van der Waals surface area contributed by atoms with Crippen LogP contribution in [0.5, 0.6) is 0 Å². The molecule has 6 nitrogen and oxygen atoms in total. The van der Waals surface area contributed by atoms with Gasteiger partial charge in [0.2, 0.25) is 11.7 Å². The molecule has 1 amide bonds. The van der Waals surface area contributed by atoms with Crippen molar-refractivity contribution < 1.29 is 9.59 Å². The summed E-state index contributed by atoms with van der Waals surface area (Å²) in [4.78, 5) is 35.0. The summed E-state index contributed by atoms with van der Waals surface area (Å²) in [5.41, 5.74) is 5.00. The second-order valence-corrected chi connectivity index (χ2v) is 6.94. The van der Waals surface area contributed by atoms with Crippen molar-refractivity contribution in [1.82, 2.24) is 14.4 Å². The zero-order valence-electron chi connectivity index (χ0n) is 16.5. The molecule has 4 aromatic rings. The molecule has 0 aliphatic heterocycles. The van der Waals surface area contributed by atoms with Crippen LogP contribution in [0.15, 0.2) is 67.1 Å². The molecule has 0 spiro atoms. The molecule has 2 heterocycles. The van der Waals surface area contributed by atoms with E-state index in [2.05, 4.69) is 9.97 Å². The molecule has 0 unspecified atom stereocenters. The maximum Gasteiger partial charge on any atom is 0.223 e. The fraction of sp³-hybridized carbons (Fsp3) is 0.130. The molecule has 144 valence electrons. The van der Waals surface area contributed by atoms with Crippen LogP contribution < -0.4 is 4.90 Å². The van der Waals surface area contributed by atoms with Crippen LogP contribution in [0.25, 0.3) is 16.9 Å². The topological polar surface area (TPSA) is 67.6 Å². The SMILES string of the molecule is CC(=O)N(C)c1cccc(-c2ccnc3c(C(=O)c4ccc(C)cc4)ncn23)c1. The molecule has 0 N–H and O–H groups in total. The van der Waals surface area contributed by atoms with Crippen molar-refractivity contribution in [3.8, 4) is 11.3 Å². The van der Waals surface area contributed by atoms with Crippen molar-refractivity contribution in [2.24, 2.45) is 0 Å². The molecule has 2 aromatic heterocycles. The highest BCUT2D eigenvalue weighted by Crippen LogP contribution is 2.26. The smallest absolute Gasteiger partial charge is 0.223 e. The molecule has 0 radical (unpaired) electrons. The second-order valence-electron chi connectivity index (χ2n) is 6.94. The van der Waals surface area contributed by atoms with Gasteiger partial charge in [0.1, 0.15) is 6.33 Å². The molecule has 0 aliphatic rings. The summed E-state index contributed by atoms with van der Waals surface area (Å²) in [5, 5.41) is 0. The fourth-order valence-electron chi connectivity index (χ4n) is 3.19. The van der Waals surface area contributed by atoms with E-state index in [0.29, 0.717) is 16.9 Å². The Morgan fingerprint density at radius 3 is 2.48 bits per heavy atom. The predicted octanol–water partition coefficient (Wildman–Crippen LogP) is 3.92. The third-order valence-electron chi connectivity index (χ3n) is 4.96. The minimum Gasteiger partial charge on any atom is -0.316 e. The van der Waals surface area contributed by atoms with Gasteiger partial charge in [0.15, 0.2) is 11.3 Å². The Morgan fingerprint density at radius 1 is 1.00 bits per heavy atom. The van der Waals surface area contributed by atoms with Gasteiger partial charge >= 0.3 is 0 Å². The largest absolute Gasteiger partial charge is 0.316 e. The first-order valence-electron chi connectivity index (χ1n) is 9.24. The number of benzene rings is 2. The monoisotopic (exact) mass is 384 g/mol. The van der Waals surface area contributed by atoms with Gasteiger partial charge in [-0.1, -0.05) is 42.0 Å². The van der Waals surface area contributed by atoms with E-state index in [4.69, 9.17) is 0 Å². The van der Waals surface area contributed by atoms with Crippen molar-refractivity contribution in [3.05, 3.63) is 83.9 Å². The van der Waals surface area contributed by atoms with Crippen LogP contribution in [0.2, 0.25) is 0 Å². The predicted molar refractivity (Wildman–Crippen MR) is 112 cm³/mol. The molecule has 0 saturated carbocycles. The van der Waals surface area contributed by atoms with E-state index in [-0.39, 0.29) is 11.7 Å². The summed E-state index contributed by atoms with van der Waals surface area (Å²) in [6, 6.07) is 16.9. The molecule has 29 heavy (non-hydrogen) atoms. The normalized spacial score (nSPS) is 10.9. The van der Waals surface area contributed by atoms with Gasteiger partial charge in [-0.15, -0.1) is 0 Å². The fourth-order valence-corrected chi connectivity index (χ4v) is 3.19. The van der Waals surface area contributed by atoms with Gasteiger partial charge in [0.05, 0.1) is 5.69 Å². The lowest BCUT2D eigenvalue weighted by atomic mass is 10.1. The van der Waals surface area contributed by atoms with Crippen molar-refractivity contribution in [2.75, 3.05) is 11.9 Å². The quantitative estimate of drug-likeness (QED) is 0.500. The van der Waals surface area contributed by atoms with E-state index in [1.54, 1.807) is 41.0 Å². The summed E-state index contributed by atoms with van der Waals surface area (Å²) in [6.07, 6.45) is 3.28. The number of amides is 1. The Kier molecular flexibility index (Phi) is 4.68. The molecular formula is C23H20N4O2. The molecule has 4 rings (SSSR count). The van der Waals surface area contributed by atoms with Crippen LogP contribution in [0, 0.1) is 6.92 Å². The summed E-state index contributed by atoms with van der Waals surface area (Å²) in [7, 11) is 1.74. The van der Waals surface area contributed by atoms with Crippen LogP contribution in [-0.4, -0.2) is 33.1 Å². The molecule has 0 atom stereocenters. The maximum atomic E-state index is 12.9. The van der Waals surface area contributed by atoms with Gasteiger partial charge in [-0.2, -0.15) is 0 Å². The van der Waals surface area contributed by atoms with Gasteiger partial charge in [-0.25, -0.2) is 9.97 Å². The van der Waals surface area contributed by atoms with Gasteiger partial charge in [-0.3, -0.25) is 14.0 Å². The number of hydrogen-bond donors (Lipinski definition) is 0. The molecule has 2 aromatic carbocycles. The second kappa shape index (κ2) is 7.31. The first kappa shape index (κ1) is 18.6. The van der Waals surface area contributed by atoms with Gasteiger partial charge in [-0.05, 0) is 25.1 Å². The summed E-state index contributed by atoms with van der Waals surface area (Å²) in [5.74, 6) is -0.210. The number of fused-ring (bicyclic) bond motifs is 1. The van der Waals surface area contributed by atoms with Crippen molar-refractivity contribution in [2.45, 2.75) is 13.8 Å². The third-order valence-corrected chi connectivity index (χ3v) is 4.96. The maximum absolute atomic E-state index is 12.9.